The second-order valence-corrected chi connectivity index (χ2v) is 3.47. The molecule has 2 rings (SSSR count). The zero-order valence-electron chi connectivity index (χ0n) is 9.40. The zero-order valence-corrected chi connectivity index (χ0v) is 9.40. The number of nitrogens with zero attached hydrogens (tertiary/aromatic N) is 1. The van der Waals surface area contributed by atoms with E-state index in [-0.39, 0.29) is 5.97 Å². The topological polar surface area (TPSA) is 80.2 Å². The van der Waals surface area contributed by atoms with Crippen molar-refractivity contribution in [2.75, 3.05) is 7.11 Å². The van der Waals surface area contributed by atoms with Gasteiger partial charge in [0.05, 0.1) is 19.9 Å². The van der Waals surface area contributed by atoms with Crippen LogP contribution in [0.25, 0.3) is 0 Å². The molecule has 0 unspecified atom stereocenters. The summed E-state index contributed by atoms with van der Waals surface area (Å²) in [5.41, 5.74) is 1.36. The van der Waals surface area contributed by atoms with Crippen LogP contribution in [0.5, 0.6) is 0 Å². The van der Waals surface area contributed by atoms with Gasteiger partial charge in [0.25, 0.3) is 0 Å². The van der Waals surface area contributed by atoms with Gasteiger partial charge in [0.2, 0.25) is 0 Å². The first-order valence-electron chi connectivity index (χ1n) is 5.16. The van der Waals surface area contributed by atoms with E-state index >= 15 is 0 Å². The summed E-state index contributed by atoms with van der Waals surface area (Å²) < 4.78 is 9.53. The number of rotatable bonds is 5. The van der Waals surface area contributed by atoms with Crippen molar-refractivity contribution in [2.45, 2.75) is 13.1 Å². The number of aromatic nitrogens is 2. The third-order valence-corrected chi connectivity index (χ3v) is 2.26. The van der Waals surface area contributed by atoms with E-state index in [0.29, 0.717) is 18.8 Å². The smallest absolute Gasteiger partial charge is 0.354 e. The van der Waals surface area contributed by atoms with Gasteiger partial charge < -0.3 is 19.6 Å². The third-order valence-electron chi connectivity index (χ3n) is 2.26. The van der Waals surface area contributed by atoms with Gasteiger partial charge in [0.1, 0.15) is 11.5 Å². The highest BCUT2D eigenvalue weighted by Gasteiger charge is 2.07. The number of methoxy groups -OCH3 is 1. The number of aromatic amines is 1. The second kappa shape index (κ2) is 5.31. The number of hydrogen-bond acceptors (Lipinski definition) is 5. The van der Waals surface area contributed by atoms with Crippen LogP contribution in [0.15, 0.2) is 28.9 Å². The molecule has 17 heavy (non-hydrogen) atoms. The van der Waals surface area contributed by atoms with Crippen LogP contribution in [0.3, 0.4) is 0 Å². The van der Waals surface area contributed by atoms with Crippen LogP contribution in [-0.4, -0.2) is 23.2 Å². The number of carbonyl (C=O) groups is 1. The fraction of sp³-hybridized carbons (Fsp3) is 0.273. The standard InChI is InChI=1S/C11H13N3O3/c1-16-11(15)10-3-2-8(14-10)6-12-7-9-4-5-13-17-9/h2-5,12,14H,6-7H2,1H3. The van der Waals surface area contributed by atoms with E-state index in [1.54, 1.807) is 18.3 Å². The average Bonchev–Trinajstić information content (AvgIpc) is 2.99. The lowest BCUT2D eigenvalue weighted by Gasteiger charge is -2.00. The Morgan fingerprint density at radius 1 is 1.47 bits per heavy atom. The Morgan fingerprint density at radius 2 is 2.35 bits per heavy atom. The maximum Gasteiger partial charge on any atom is 0.354 e. The molecule has 90 valence electrons. The molecule has 6 heteroatoms. The Kier molecular flexibility index (Phi) is 3.56. The third kappa shape index (κ3) is 2.94. The molecule has 0 radical (unpaired) electrons. The van der Waals surface area contributed by atoms with Crippen LogP contribution in [0, 0.1) is 0 Å². The highest BCUT2D eigenvalue weighted by molar-refractivity contribution is 5.87. The number of nitrogens with one attached hydrogen (secondary N) is 2. The van der Waals surface area contributed by atoms with E-state index in [4.69, 9.17) is 4.52 Å². The first-order chi connectivity index (χ1) is 8.29. The van der Waals surface area contributed by atoms with Crippen molar-refractivity contribution in [1.29, 1.82) is 0 Å². The molecule has 0 atom stereocenters. The van der Waals surface area contributed by atoms with E-state index in [1.807, 2.05) is 6.07 Å². The van der Waals surface area contributed by atoms with Crippen molar-refractivity contribution in [3.05, 3.63) is 41.5 Å². The van der Waals surface area contributed by atoms with Crippen LogP contribution in [0.1, 0.15) is 21.9 Å². The maximum atomic E-state index is 11.2. The van der Waals surface area contributed by atoms with Crippen molar-refractivity contribution in [2.24, 2.45) is 0 Å². The van der Waals surface area contributed by atoms with Crippen LogP contribution in [0.4, 0.5) is 0 Å². The van der Waals surface area contributed by atoms with Crippen LogP contribution in [-0.2, 0) is 17.8 Å². The van der Waals surface area contributed by atoms with E-state index in [2.05, 4.69) is 20.2 Å². The summed E-state index contributed by atoms with van der Waals surface area (Å²) >= 11 is 0. The van der Waals surface area contributed by atoms with Gasteiger partial charge in [-0.2, -0.15) is 0 Å². The Morgan fingerprint density at radius 3 is 3.06 bits per heavy atom. The SMILES string of the molecule is COC(=O)c1ccc(CNCc2ccno2)[nH]1. The maximum absolute atomic E-state index is 11.2. The summed E-state index contributed by atoms with van der Waals surface area (Å²) in [7, 11) is 1.35. The quantitative estimate of drug-likeness (QED) is 0.758. The molecule has 0 fully saturated rings. The number of carbonyl (C=O) groups excluding carboxylic acids is 1. The Balaban J connectivity index is 1.83. The summed E-state index contributed by atoms with van der Waals surface area (Å²) in [6.07, 6.45) is 1.60. The van der Waals surface area contributed by atoms with E-state index in [1.165, 1.54) is 7.11 Å². The van der Waals surface area contributed by atoms with Gasteiger partial charge in [0.15, 0.2) is 0 Å². The minimum atomic E-state index is -0.369. The predicted octanol–water partition coefficient (Wildman–Crippen LogP) is 1.08. The Bertz CT molecular complexity index is 476. The number of hydrogen-bond donors (Lipinski definition) is 2. The first kappa shape index (κ1) is 11.4. The van der Waals surface area contributed by atoms with E-state index in [0.717, 1.165) is 11.5 Å². The fourth-order valence-electron chi connectivity index (χ4n) is 1.43. The molecule has 0 aliphatic carbocycles. The van der Waals surface area contributed by atoms with Crippen LogP contribution in [0.2, 0.25) is 0 Å². The minimum absolute atomic E-state index is 0.369. The monoisotopic (exact) mass is 235 g/mol. The molecule has 0 amide bonds. The molecule has 0 aromatic carbocycles. The summed E-state index contributed by atoms with van der Waals surface area (Å²) in [6, 6.07) is 5.32. The molecular formula is C11H13N3O3. The van der Waals surface area contributed by atoms with E-state index in [9.17, 15) is 4.79 Å². The summed E-state index contributed by atoms with van der Waals surface area (Å²) in [5, 5.41) is 6.76. The Hall–Kier alpha value is -2.08. The van der Waals surface area contributed by atoms with Crippen molar-refractivity contribution in [3.63, 3.8) is 0 Å². The summed E-state index contributed by atoms with van der Waals surface area (Å²) in [6.45, 7) is 1.20. The normalized spacial score (nSPS) is 10.4. The van der Waals surface area contributed by atoms with E-state index < -0.39 is 0 Å². The largest absolute Gasteiger partial charge is 0.464 e. The lowest BCUT2D eigenvalue weighted by Crippen LogP contribution is -2.12. The first-order valence-corrected chi connectivity index (χ1v) is 5.16. The van der Waals surface area contributed by atoms with Gasteiger partial charge in [-0.3, -0.25) is 0 Å². The number of H-pyrrole nitrogens is 1. The molecule has 6 nitrogen and oxygen atoms in total. The van der Waals surface area contributed by atoms with Gasteiger partial charge in [0, 0.05) is 18.3 Å². The highest BCUT2D eigenvalue weighted by atomic mass is 16.5. The predicted molar refractivity (Wildman–Crippen MR) is 59.2 cm³/mol. The minimum Gasteiger partial charge on any atom is -0.464 e. The lowest BCUT2D eigenvalue weighted by molar-refractivity contribution is 0.0594. The average molecular weight is 235 g/mol. The zero-order chi connectivity index (χ0) is 12.1. The van der Waals surface area contributed by atoms with Crippen LogP contribution >= 0.6 is 0 Å². The van der Waals surface area contributed by atoms with Crippen molar-refractivity contribution in [3.8, 4) is 0 Å². The molecular weight excluding hydrogens is 222 g/mol. The van der Waals surface area contributed by atoms with Gasteiger partial charge in [-0.15, -0.1) is 0 Å². The van der Waals surface area contributed by atoms with Gasteiger partial charge in [-0.05, 0) is 12.1 Å². The second-order valence-electron chi connectivity index (χ2n) is 3.47. The number of ether oxygens (including phenoxy) is 1. The van der Waals surface area contributed by atoms with Crippen molar-refractivity contribution < 1.29 is 14.1 Å². The molecule has 0 saturated heterocycles. The number of esters is 1. The molecule has 2 aromatic heterocycles. The molecule has 0 bridgehead atoms. The van der Waals surface area contributed by atoms with Gasteiger partial charge in [-0.25, -0.2) is 4.79 Å². The molecule has 2 heterocycles. The molecule has 0 saturated carbocycles. The molecule has 0 aliphatic rings. The van der Waals surface area contributed by atoms with Gasteiger partial charge in [-0.1, -0.05) is 5.16 Å². The molecule has 2 aromatic rings. The lowest BCUT2D eigenvalue weighted by atomic mass is 10.4. The highest BCUT2D eigenvalue weighted by Crippen LogP contribution is 2.03. The summed E-state index contributed by atoms with van der Waals surface area (Å²) in [5.74, 6) is 0.399. The van der Waals surface area contributed by atoms with Crippen molar-refractivity contribution in [1.82, 2.24) is 15.5 Å². The van der Waals surface area contributed by atoms with Crippen LogP contribution < -0.4 is 5.32 Å². The van der Waals surface area contributed by atoms with Crippen molar-refractivity contribution >= 4 is 5.97 Å². The van der Waals surface area contributed by atoms with Gasteiger partial charge >= 0.3 is 5.97 Å². The summed E-state index contributed by atoms with van der Waals surface area (Å²) in [4.78, 5) is 14.2. The Labute approximate surface area is 97.9 Å². The molecule has 2 N–H and O–H groups in total. The fourth-order valence-corrected chi connectivity index (χ4v) is 1.43. The molecule has 0 aliphatic heterocycles. The molecule has 0 spiro atoms.